The van der Waals surface area contributed by atoms with E-state index in [1.54, 1.807) is 0 Å². The number of likely N-dealkylation sites (N-methyl/N-ethyl adjacent to an activating group) is 1. The minimum Gasteiger partial charge on any atom is -0.377 e. The maximum absolute atomic E-state index is 5.88. The molecule has 2 rings (SSSR count). The van der Waals surface area contributed by atoms with Gasteiger partial charge < -0.3 is 15.4 Å². The highest BCUT2D eigenvalue weighted by Crippen LogP contribution is 2.42. The molecule has 0 aromatic heterocycles. The summed E-state index contributed by atoms with van der Waals surface area (Å²) in [5.74, 6) is 0. The zero-order valence-electron chi connectivity index (χ0n) is 10.6. The minimum atomic E-state index is 0.486. The average Bonchev–Trinajstić information content (AvgIpc) is 2.69. The van der Waals surface area contributed by atoms with Gasteiger partial charge in [-0.15, -0.1) is 0 Å². The van der Waals surface area contributed by atoms with E-state index in [0.29, 0.717) is 11.5 Å². The van der Waals surface area contributed by atoms with Crippen LogP contribution in [0.4, 0.5) is 0 Å². The molecule has 0 bridgehead atoms. The van der Waals surface area contributed by atoms with E-state index in [1.807, 2.05) is 0 Å². The van der Waals surface area contributed by atoms with Gasteiger partial charge in [0.2, 0.25) is 0 Å². The SMILES string of the molecule is CN(CCC1(CN)CCC1)CC1CCCO1. The van der Waals surface area contributed by atoms with E-state index in [1.165, 1.54) is 45.1 Å². The van der Waals surface area contributed by atoms with Crippen molar-refractivity contribution < 1.29 is 4.74 Å². The molecule has 1 aliphatic heterocycles. The van der Waals surface area contributed by atoms with E-state index in [9.17, 15) is 0 Å². The van der Waals surface area contributed by atoms with Crippen molar-refractivity contribution in [3.05, 3.63) is 0 Å². The Morgan fingerprint density at radius 3 is 2.69 bits per heavy atom. The Balaban J connectivity index is 1.64. The normalized spacial score (nSPS) is 28.3. The van der Waals surface area contributed by atoms with Crippen LogP contribution in [0.25, 0.3) is 0 Å². The summed E-state index contributed by atoms with van der Waals surface area (Å²) in [5.41, 5.74) is 6.37. The van der Waals surface area contributed by atoms with Crippen molar-refractivity contribution in [1.29, 1.82) is 0 Å². The fourth-order valence-corrected chi connectivity index (χ4v) is 2.89. The zero-order valence-corrected chi connectivity index (χ0v) is 10.6. The molecular formula is C13H26N2O. The van der Waals surface area contributed by atoms with Crippen molar-refractivity contribution in [3.63, 3.8) is 0 Å². The van der Waals surface area contributed by atoms with Crippen molar-refractivity contribution in [2.24, 2.45) is 11.1 Å². The molecule has 0 spiro atoms. The fraction of sp³-hybridized carbons (Fsp3) is 1.00. The predicted octanol–water partition coefficient (Wildman–Crippen LogP) is 1.62. The number of rotatable bonds is 6. The first-order valence-corrected chi connectivity index (χ1v) is 6.74. The van der Waals surface area contributed by atoms with Gasteiger partial charge in [0.1, 0.15) is 0 Å². The second-order valence-corrected chi connectivity index (χ2v) is 5.70. The number of ether oxygens (including phenoxy) is 1. The van der Waals surface area contributed by atoms with Crippen molar-refractivity contribution in [2.45, 2.75) is 44.6 Å². The third-order valence-corrected chi connectivity index (χ3v) is 4.41. The molecule has 0 aromatic rings. The monoisotopic (exact) mass is 226 g/mol. The second kappa shape index (κ2) is 5.48. The molecule has 0 aromatic carbocycles. The smallest absolute Gasteiger partial charge is 0.0702 e. The summed E-state index contributed by atoms with van der Waals surface area (Å²) in [5, 5.41) is 0. The van der Waals surface area contributed by atoms with Crippen LogP contribution in [-0.4, -0.2) is 44.3 Å². The van der Waals surface area contributed by atoms with Gasteiger partial charge >= 0.3 is 0 Å². The third-order valence-electron chi connectivity index (χ3n) is 4.41. The summed E-state index contributed by atoms with van der Waals surface area (Å²) in [4.78, 5) is 2.42. The summed E-state index contributed by atoms with van der Waals surface area (Å²) in [7, 11) is 2.21. The highest BCUT2D eigenvalue weighted by Gasteiger charge is 2.35. The van der Waals surface area contributed by atoms with Crippen LogP contribution in [-0.2, 0) is 4.74 Å². The Labute approximate surface area is 99.3 Å². The lowest BCUT2D eigenvalue weighted by molar-refractivity contribution is 0.0659. The molecule has 1 saturated heterocycles. The third kappa shape index (κ3) is 2.96. The highest BCUT2D eigenvalue weighted by molar-refractivity contribution is 4.89. The summed E-state index contributed by atoms with van der Waals surface area (Å²) in [6.07, 6.45) is 8.31. The summed E-state index contributed by atoms with van der Waals surface area (Å²) >= 11 is 0. The Bertz CT molecular complexity index is 204. The Morgan fingerprint density at radius 2 is 2.19 bits per heavy atom. The van der Waals surface area contributed by atoms with Gasteiger partial charge in [-0.25, -0.2) is 0 Å². The van der Waals surface area contributed by atoms with Gasteiger partial charge in [0.25, 0.3) is 0 Å². The first-order chi connectivity index (χ1) is 7.74. The Kier molecular flexibility index (Phi) is 4.22. The molecule has 1 saturated carbocycles. The van der Waals surface area contributed by atoms with Crippen LogP contribution in [0.2, 0.25) is 0 Å². The molecule has 0 amide bonds. The van der Waals surface area contributed by atoms with Crippen LogP contribution >= 0.6 is 0 Å². The number of hydrogen-bond acceptors (Lipinski definition) is 3. The van der Waals surface area contributed by atoms with E-state index in [0.717, 1.165) is 19.7 Å². The number of nitrogens with zero attached hydrogens (tertiary/aromatic N) is 1. The van der Waals surface area contributed by atoms with Crippen LogP contribution in [0.3, 0.4) is 0 Å². The lowest BCUT2D eigenvalue weighted by Crippen LogP contribution is -2.41. The van der Waals surface area contributed by atoms with Crippen molar-refractivity contribution in [3.8, 4) is 0 Å². The lowest BCUT2D eigenvalue weighted by Gasteiger charge is -2.42. The number of nitrogens with two attached hydrogens (primary N) is 1. The van der Waals surface area contributed by atoms with Crippen molar-refractivity contribution in [2.75, 3.05) is 33.3 Å². The van der Waals surface area contributed by atoms with Gasteiger partial charge in [-0.2, -0.15) is 0 Å². The van der Waals surface area contributed by atoms with Crippen LogP contribution in [0, 0.1) is 5.41 Å². The molecule has 2 fully saturated rings. The molecule has 3 heteroatoms. The standard InChI is InChI=1S/C13H26N2O/c1-15(10-12-4-2-9-16-12)8-7-13(11-14)5-3-6-13/h12H,2-11,14H2,1H3. The van der Waals surface area contributed by atoms with E-state index in [4.69, 9.17) is 10.5 Å². The summed E-state index contributed by atoms with van der Waals surface area (Å²) < 4.78 is 5.66. The van der Waals surface area contributed by atoms with Crippen LogP contribution in [0.15, 0.2) is 0 Å². The lowest BCUT2D eigenvalue weighted by atomic mass is 9.66. The molecule has 2 aliphatic rings. The van der Waals surface area contributed by atoms with Crippen molar-refractivity contribution in [1.82, 2.24) is 4.90 Å². The fourth-order valence-electron chi connectivity index (χ4n) is 2.89. The molecule has 1 heterocycles. The number of hydrogen-bond donors (Lipinski definition) is 1. The maximum atomic E-state index is 5.88. The minimum absolute atomic E-state index is 0.486. The quantitative estimate of drug-likeness (QED) is 0.748. The first kappa shape index (κ1) is 12.3. The molecule has 2 N–H and O–H groups in total. The summed E-state index contributed by atoms with van der Waals surface area (Å²) in [6, 6.07) is 0. The topological polar surface area (TPSA) is 38.5 Å². The van der Waals surface area contributed by atoms with E-state index in [-0.39, 0.29) is 0 Å². The summed E-state index contributed by atoms with van der Waals surface area (Å²) in [6.45, 7) is 4.11. The van der Waals surface area contributed by atoms with Crippen LogP contribution in [0.5, 0.6) is 0 Å². The van der Waals surface area contributed by atoms with Crippen LogP contribution < -0.4 is 5.73 Å². The van der Waals surface area contributed by atoms with E-state index in [2.05, 4.69) is 11.9 Å². The Hall–Kier alpha value is -0.120. The van der Waals surface area contributed by atoms with E-state index < -0.39 is 0 Å². The predicted molar refractivity (Wildman–Crippen MR) is 66.4 cm³/mol. The van der Waals surface area contributed by atoms with Gasteiger partial charge in [-0.1, -0.05) is 6.42 Å². The maximum Gasteiger partial charge on any atom is 0.0702 e. The molecule has 0 radical (unpaired) electrons. The molecule has 1 atom stereocenters. The largest absolute Gasteiger partial charge is 0.377 e. The molecule has 16 heavy (non-hydrogen) atoms. The zero-order chi connectivity index (χ0) is 11.4. The van der Waals surface area contributed by atoms with Gasteiger partial charge in [-0.05, 0) is 57.7 Å². The van der Waals surface area contributed by atoms with Crippen molar-refractivity contribution >= 4 is 0 Å². The van der Waals surface area contributed by atoms with Gasteiger partial charge in [0.15, 0.2) is 0 Å². The molecule has 94 valence electrons. The highest BCUT2D eigenvalue weighted by atomic mass is 16.5. The second-order valence-electron chi connectivity index (χ2n) is 5.70. The average molecular weight is 226 g/mol. The van der Waals surface area contributed by atoms with Crippen LogP contribution in [0.1, 0.15) is 38.5 Å². The van der Waals surface area contributed by atoms with E-state index >= 15 is 0 Å². The van der Waals surface area contributed by atoms with Gasteiger partial charge in [0, 0.05) is 13.2 Å². The van der Waals surface area contributed by atoms with Gasteiger partial charge in [0.05, 0.1) is 6.10 Å². The van der Waals surface area contributed by atoms with Gasteiger partial charge in [-0.3, -0.25) is 0 Å². The molecule has 3 nitrogen and oxygen atoms in total. The molecule has 1 aliphatic carbocycles. The molecule has 1 unspecified atom stereocenters. The molecular weight excluding hydrogens is 200 g/mol. The Morgan fingerprint density at radius 1 is 1.38 bits per heavy atom. The first-order valence-electron chi connectivity index (χ1n) is 6.74.